The van der Waals surface area contributed by atoms with Gasteiger partial charge in [0.2, 0.25) is 0 Å². The molecule has 2 rings (SSSR count). The van der Waals surface area contributed by atoms with Gasteiger partial charge in [0, 0.05) is 6.61 Å². The van der Waals surface area contributed by atoms with E-state index in [4.69, 9.17) is 5.11 Å². The Balaban J connectivity index is 1.61. The van der Waals surface area contributed by atoms with Gasteiger partial charge >= 0.3 is 0 Å². The molecule has 0 amide bonds. The van der Waals surface area contributed by atoms with Crippen LogP contribution < -0.4 is 5.32 Å². The molecule has 0 spiro atoms. The first-order valence-electron chi connectivity index (χ1n) is 5.71. The molecule has 2 fully saturated rings. The fourth-order valence-electron chi connectivity index (χ4n) is 2.42. The quantitative estimate of drug-likeness (QED) is 0.675. The van der Waals surface area contributed by atoms with Crippen molar-refractivity contribution in [2.24, 2.45) is 17.8 Å². The third kappa shape index (κ3) is 2.68. The van der Waals surface area contributed by atoms with Gasteiger partial charge in [-0.25, -0.2) is 0 Å². The van der Waals surface area contributed by atoms with Gasteiger partial charge in [-0.3, -0.25) is 0 Å². The molecule has 2 saturated carbocycles. The highest BCUT2D eigenvalue weighted by atomic mass is 16.3. The van der Waals surface area contributed by atoms with Crippen molar-refractivity contribution < 1.29 is 5.11 Å². The number of nitrogens with one attached hydrogen (secondary N) is 1. The maximum Gasteiger partial charge on any atom is 0.0462 e. The monoisotopic (exact) mass is 183 g/mol. The van der Waals surface area contributed by atoms with Crippen molar-refractivity contribution in [1.82, 2.24) is 5.32 Å². The van der Waals surface area contributed by atoms with Crippen molar-refractivity contribution in [2.45, 2.75) is 32.1 Å². The van der Waals surface area contributed by atoms with Crippen LogP contribution in [0.4, 0.5) is 0 Å². The highest BCUT2D eigenvalue weighted by Crippen LogP contribution is 2.31. The van der Waals surface area contributed by atoms with Crippen LogP contribution in [0, 0.1) is 17.8 Å². The fraction of sp³-hybridized carbons (Fsp3) is 1.00. The lowest BCUT2D eigenvalue weighted by Gasteiger charge is -2.17. The minimum absolute atomic E-state index is 0.399. The first kappa shape index (κ1) is 9.47. The van der Waals surface area contributed by atoms with Gasteiger partial charge in [-0.1, -0.05) is 6.42 Å². The van der Waals surface area contributed by atoms with E-state index in [2.05, 4.69) is 5.32 Å². The number of rotatable bonds is 5. The molecule has 76 valence electrons. The second kappa shape index (κ2) is 4.43. The largest absolute Gasteiger partial charge is 0.396 e. The fourth-order valence-corrected chi connectivity index (χ4v) is 2.42. The van der Waals surface area contributed by atoms with Crippen molar-refractivity contribution in [3.8, 4) is 0 Å². The van der Waals surface area contributed by atoms with E-state index in [1.54, 1.807) is 0 Å². The van der Waals surface area contributed by atoms with E-state index in [9.17, 15) is 0 Å². The van der Waals surface area contributed by atoms with Crippen LogP contribution in [0.5, 0.6) is 0 Å². The van der Waals surface area contributed by atoms with Gasteiger partial charge in [0.1, 0.15) is 0 Å². The average molecular weight is 183 g/mol. The Morgan fingerprint density at radius 2 is 1.77 bits per heavy atom. The van der Waals surface area contributed by atoms with E-state index in [0.717, 1.165) is 18.4 Å². The Labute approximate surface area is 80.7 Å². The molecule has 0 heterocycles. The van der Waals surface area contributed by atoms with Gasteiger partial charge in [0.05, 0.1) is 0 Å². The van der Waals surface area contributed by atoms with Crippen LogP contribution in [0.1, 0.15) is 32.1 Å². The van der Waals surface area contributed by atoms with Crippen molar-refractivity contribution in [1.29, 1.82) is 0 Å². The summed E-state index contributed by atoms with van der Waals surface area (Å²) in [5.74, 6) is 2.32. The molecule has 13 heavy (non-hydrogen) atoms. The summed E-state index contributed by atoms with van der Waals surface area (Å²) in [6, 6.07) is 0. The molecule has 0 aromatic heterocycles. The third-order valence-electron chi connectivity index (χ3n) is 3.59. The van der Waals surface area contributed by atoms with Gasteiger partial charge in [-0.15, -0.1) is 0 Å². The van der Waals surface area contributed by atoms with E-state index < -0.39 is 0 Å². The summed E-state index contributed by atoms with van der Waals surface area (Å²) in [5.41, 5.74) is 0. The minimum atomic E-state index is 0.399. The highest BCUT2D eigenvalue weighted by molar-refractivity contribution is 4.80. The predicted molar refractivity (Wildman–Crippen MR) is 53.5 cm³/mol. The Morgan fingerprint density at radius 3 is 2.46 bits per heavy atom. The molecule has 0 bridgehead atoms. The molecule has 2 aliphatic carbocycles. The lowest BCUT2D eigenvalue weighted by Crippen LogP contribution is -2.28. The van der Waals surface area contributed by atoms with E-state index in [1.807, 2.05) is 0 Å². The van der Waals surface area contributed by atoms with Crippen LogP contribution >= 0.6 is 0 Å². The second-order valence-electron chi connectivity index (χ2n) is 4.74. The molecule has 2 unspecified atom stereocenters. The summed E-state index contributed by atoms with van der Waals surface area (Å²) in [4.78, 5) is 0. The summed E-state index contributed by atoms with van der Waals surface area (Å²) in [7, 11) is 0. The number of hydrogen-bond acceptors (Lipinski definition) is 2. The van der Waals surface area contributed by atoms with Gasteiger partial charge in [-0.05, 0) is 56.5 Å². The lowest BCUT2D eigenvalue weighted by atomic mass is 9.97. The molecule has 0 saturated heterocycles. The van der Waals surface area contributed by atoms with E-state index in [1.165, 1.54) is 38.6 Å². The molecule has 2 nitrogen and oxygen atoms in total. The first-order chi connectivity index (χ1) is 6.40. The number of aliphatic hydroxyl groups excluding tert-OH is 1. The topological polar surface area (TPSA) is 32.3 Å². The molecular weight excluding hydrogens is 162 g/mol. The second-order valence-corrected chi connectivity index (χ2v) is 4.74. The Kier molecular flexibility index (Phi) is 3.23. The Bertz CT molecular complexity index is 156. The van der Waals surface area contributed by atoms with E-state index in [0.29, 0.717) is 12.5 Å². The molecule has 0 aromatic carbocycles. The minimum Gasteiger partial charge on any atom is -0.396 e. The number of hydrogen-bond donors (Lipinski definition) is 2. The molecule has 2 heteroatoms. The molecule has 2 N–H and O–H groups in total. The normalized spacial score (nSPS) is 33.9. The van der Waals surface area contributed by atoms with Gasteiger partial charge < -0.3 is 10.4 Å². The molecule has 0 aliphatic heterocycles. The molecule has 0 radical (unpaired) electrons. The summed E-state index contributed by atoms with van der Waals surface area (Å²) in [6.07, 6.45) is 6.75. The highest BCUT2D eigenvalue weighted by Gasteiger charge is 2.27. The van der Waals surface area contributed by atoms with E-state index in [-0.39, 0.29) is 0 Å². The summed E-state index contributed by atoms with van der Waals surface area (Å²) < 4.78 is 0. The average Bonchev–Trinajstić information content (AvgIpc) is 2.84. The SMILES string of the molecule is OCC1CCCC1CNCC1CC1. The predicted octanol–water partition coefficient (Wildman–Crippen LogP) is 1.39. The standard InChI is InChI=1S/C11H21NO/c13-8-11-3-1-2-10(11)7-12-6-9-4-5-9/h9-13H,1-8H2. The zero-order valence-electron chi connectivity index (χ0n) is 8.34. The van der Waals surface area contributed by atoms with Crippen LogP contribution in [-0.2, 0) is 0 Å². The van der Waals surface area contributed by atoms with Crippen molar-refractivity contribution in [3.63, 3.8) is 0 Å². The zero-order valence-corrected chi connectivity index (χ0v) is 8.34. The van der Waals surface area contributed by atoms with Crippen molar-refractivity contribution in [2.75, 3.05) is 19.7 Å². The molecular formula is C11H21NO. The summed E-state index contributed by atoms with van der Waals surface area (Å²) in [6.45, 7) is 2.76. The molecule has 0 aromatic rings. The smallest absolute Gasteiger partial charge is 0.0462 e. The summed E-state index contributed by atoms with van der Waals surface area (Å²) >= 11 is 0. The zero-order chi connectivity index (χ0) is 9.10. The summed E-state index contributed by atoms with van der Waals surface area (Å²) in [5, 5.41) is 12.7. The number of aliphatic hydroxyl groups is 1. The maximum atomic E-state index is 9.13. The van der Waals surface area contributed by atoms with Crippen molar-refractivity contribution in [3.05, 3.63) is 0 Å². The van der Waals surface area contributed by atoms with Crippen LogP contribution in [0.2, 0.25) is 0 Å². The first-order valence-corrected chi connectivity index (χ1v) is 5.71. The van der Waals surface area contributed by atoms with Crippen LogP contribution in [0.25, 0.3) is 0 Å². The van der Waals surface area contributed by atoms with Gasteiger partial charge in [0.25, 0.3) is 0 Å². The third-order valence-corrected chi connectivity index (χ3v) is 3.59. The van der Waals surface area contributed by atoms with Gasteiger partial charge in [-0.2, -0.15) is 0 Å². The Morgan fingerprint density at radius 1 is 1.00 bits per heavy atom. The maximum absolute atomic E-state index is 9.13. The lowest BCUT2D eigenvalue weighted by molar-refractivity contribution is 0.192. The Hall–Kier alpha value is -0.0800. The van der Waals surface area contributed by atoms with Crippen molar-refractivity contribution >= 4 is 0 Å². The molecule has 2 aliphatic rings. The molecule has 2 atom stereocenters. The van der Waals surface area contributed by atoms with Crippen LogP contribution in [0.15, 0.2) is 0 Å². The van der Waals surface area contributed by atoms with E-state index >= 15 is 0 Å². The van der Waals surface area contributed by atoms with Crippen LogP contribution in [0.3, 0.4) is 0 Å². The van der Waals surface area contributed by atoms with Gasteiger partial charge in [0.15, 0.2) is 0 Å². The van der Waals surface area contributed by atoms with Crippen LogP contribution in [-0.4, -0.2) is 24.8 Å².